The van der Waals surface area contributed by atoms with E-state index in [1.54, 1.807) is 11.3 Å². The van der Waals surface area contributed by atoms with E-state index in [2.05, 4.69) is 32.3 Å². The zero-order valence-electron chi connectivity index (χ0n) is 9.15. The van der Waals surface area contributed by atoms with Crippen molar-refractivity contribution in [3.05, 3.63) is 52.0 Å². The molecular weight excluding hydrogens is 332 g/mol. The fourth-order valence-corrected chi connectivity index (χ4v) is 3.17. The topological polar surface area (TPSA) is 24.9 Å². The van der Waals surface area contributed by atoms with Crippen LogP contribution in [0, 0.1) is 0 Å². The number of hydrogen-bond acceptors (Lipinski definition) is 3. The molecule has 0 saturated carbocycles. The minimum absolute atomic E-state index is 0.730. The van der Waals surface area contributed by atoms with Crippen LogP contribution in [0.3, 0.4) is 0 Å². The van der Waals surface area contributed by atoms with Gasteiger partial charge in [0.1, 0.15) is 0 Å². The van der Waals surface area contributed by atoms with Crippen LogP contribution in [0.25, 0.3) is 10.2 Å². The van der Waals surface area contributed by atoms with Crippen LogP contribution in [0.4, 0.5) is 10.8 Å². The Labute approximate surface area is 122 Å². The molecule has 2 nitrogen and oxygen atoms in total. The van der Waals surface area contributed by atoms with Gasteiger partial charge in [-0.05, 0) is 42.5 Å². The van der Waals surface area contributed by atoms with Gasteiger partial charge in [-0.1, -0.05) is 38.9 Å². The van der Waals surface area contributed by atoms with Crippen LogP contribution >= 0.6 is 38.9 Å². The van der Waals surface area contributed by atoms with Gasteiger partial charge in [-0.2, -0.15) is 0 Å². The maximum Gasteiger partial charge on any atom is 0.188 e. The quantitative estimate of drug-likeness (QED) is 0.671. The van der Waals surface area contributed by atoms with E-state index >= 15 is 0 Å². The molecule has 18 heavy (non-hydrogen) atoms. The van der Waals surface area contributed by atoms with Crippen molar-refractivity contribution in [3.63, 3.8) is 0 Å². The van der Waals surface area contributed by atoms with E-state index in [0.717, 1.165) is 30.5 Å². The third-order valence-electron chi connectivity index (χ3n) is 2.45. The van der Waals surface area contributed by atoms with Crippen LogP contribution in [0.15, 0.2) is 46.9 Å². The second kappa shape index (κ2) is 4.88. The number of aromatic nitrogens is 1. The maximum atomic E-state index is 5.85. The number of rotatable bonds is 2. The Morgan fingerprint density at radius 3 is 2.67 bits per heavy atom. The molecule has 0 aliphatic heterocycles. The van der Waals surface area contributed by atoms with Crippen molar-refractivity contribution in [3.8, 4) is 0 Å². The van der Waals surface area contributed by atoms with Gasteiger partial charge < -0.3 is 5.32 Å². The summed E-state index contributed by atoms with van der Waals surface area (Å²) in [4.78, 5) is 4.53. The van der Waals surface area contributed by atoms with Gasteiger partial charge in [-0.15, -0.1) is 0 Å². The SMILES string of the molecule is Clc1ccc(Nc2nc3ccc(Br)cc3s2)cc1. The fourth-order valence-electron chi connectivity index (χ4n) is 1.61. The summed E-state index contributed by atoms with van der Waals surface area (Å²) in [7, 11) is 0. The molecule has 0 radical (unpaired) electrons. The van der Waals surface area contributed by atoms with E-state index in [9.17, 15) is 0 Å². The molecule has 1 aromatic heterocycles. The lowest BCUT2D eigenvalue weighted by molar-refractivity contribution is 1.44. The molecule has 90 valence electrons. The van der Waals surface area contributed by atoms with Crippen molar-refractivity contribution < 1.29 is 0 Å². The summed E-state index contributed by atoms with van der Waals surface area (Å²) in [5, 5.41) is 4.88. The van der Waals surface area contributed by atoms with E-state index in [-0.39, 0.29) is 0 Å². The molecule has 1 heterocycles. The van der Waals surface area contributed by atoms with E-state index in [0.29, 0.717) is 0 Å². The zero-order valence-corrected chi connectivity index (χ0v) is 12.3. The number of nitrogens with one attached hydrogen (secondary N) is 1. The Balaban J connectivity index is 1.92. The molecule has 3 rings (SSSR count). The molecule has 0 aliphatic carbocycles. The number of nitrogens with zero attached hydrogens (tertiary/aromatic N) is 1. The molecule has 3 aromatic rings. The van der Waals surface area contributed by atoms with Crippen LogP contribution in [-0.4, -0.2) is 4.98 Å². The summed E-state index contributed by atoms with van der Waals surface area (Å²) in [5.41, 5.74) is 1.98. The zero-order chi connectivity index (χ0) is 12.5. The van der Waals surface area contributed by atoms with Crippen molar-refractivity contribution in [2.75, 3.05) is 5.32 Å². The van der Waals surface area contributed by atoms with Gasteiger partial charge in [-0.3, -0.25) is 0 Å². The summed E-state index contributed by atoms with van der Waals surface area (Å²) in [5.74, 6) is 0. The summed E-state index contributed by atoms with van der Waals surface area (Å²) in [6.45, 7) is 0. The number of thiazole rings is 1. The van der Waals surface area contributed by atoms with Crippen LogP contribution in [-0.2, 0) is 0 Å². The standard InChI is InChI=1S/C13H8BrClN2S/c14-8-1-6-11-12(7-8)18-13(17-11)16-10-4-2-9(15)3-5-10/h1-7H,(H,16,17). The maximum absolute atomic E-state index is 5.85. The molecule has 1 N–H and O–H groups in total. The van der Waals surface area contributed by atoms with Crippen LogP contribution in [0.5, 0.6) is 0 Å². The highest BCUT2D eigenvalue weighted by atomic mass is 79.9. The number of hydrogen-bond donors (Lipinski definition) is 1. The van der Waals surface area contributed by atoms with Gasteiger partial charge in [0.2, 0.25) is 0 Å². The Morgan fingerprint density at radius 2 is 1.89 bits per heavy atom. The summed E-state index contributed by atoms with van der Waals surface area (Å²) in [6.07, 6.45) is 0. The Hall–Kier alpha value is -1.10. The first-order valence-electron chi connectivity index (χ1n) is 5.29. The molecule has 0 bridgehead atoms. The minimum Gasteiger partial charge on any atom is -0.332 e. The van der Waals surface area contributed by atoms with Crippen LogP contribution < -0.4 is 5.32 Å². The van der Waals surface area contributed by atoms with Crippen molar-refractivity contribution in [2.24, 2.45) is 0 Å². The Bertz CT molecular complexity index is 694. The normalized spacial score (nSPS) is 10.8. The molecule has 0 spiro atoms. The minimum atomic E-state index is 0.730. The van der Waals surface area contributed by atoms with Crippen molar-refractivity contribution in [1.82, 2.24) is 4.98 Å². The molecule has 0 amide bonds. The predicted molar refractivity (Wildman–Crippen MR) is 82.1 cm³/mol. The second-order valence-electron chi connectivity index (χ2n) is 3.76. The highest BCUT2D eigenvalue weighted by Gasteiger charge is 2.04. The lowest BCUT2D eigenvalue weighted by Gasteiger charge is -2.01. The first kappa shape index (κ1) is 12.0. The van der Waals surface area contributed by atoms with Gasteiger partial charge in [-0.25, -0.2) is 4.98 Å². The van der Waals surface area contributed by atoms with Gasteiger partial charge in [0.15, 0.2) is 5.13 Å². The smallest absolute Gasteiger partial charge is 0.188 e. The highest BCUT2D eigenvalue weighted by Crippen LogP contribution is 2.30. The van der Waals surface area contributed by atoms with Crippen molar-refractivity contribution in [2.45, 2.75) is 0 Å². The monoisotopic (exact) mass is 338 g/mol. The van der Waals surface area contributed by atoms with E-state index < -0.39 is 0 Å². The average molecular weight is 340 g/mol. The Morgan fingerprint density at radius 1 is 1.11 bits per heavy atom. The third kappa shape index (κ3) is 2.51. The summed E-state index contributed by atoms with van der Waals surface area (Å²) >= 11 is 10.9. The number of anilines is 2. The predicted octanol–water partition coefficient (Wildman–Crippen LogP) is 5.46. The molecule has 0 unspecified atom stereocenters. The fraction of sp³-hybridized carbons (Fsp3) is 0. The molecule has 0 atom stereocenters. The van der Waals surface area contributed by atoms with Gasteiger partial charge >= 0.3 is 0 Å². The summed E-state index contributed by atoms with van der Waals surface area (Å²) in [6, 6.07) is 13.6. The van der Waals surface area contributed by atoms with Crippen molar-refractivity contribution >= 4 is 59.9 Å². The first-order valence-corrected chi connectivity index (χ1v) is 7.28. The Kier molecular flexibility index (Phi) is 3.24. The molecule has 0 fully saturated rings. The third-order valence-corrected chi connectivity index (χ3v) is 4.12. The van der Waals surface area contributed by atoms with Crippen molar-refractivity contribution in [1.29, 1.82) is 0 Å². The first-order chi connectivity index (χ1) is 8.70. The number of fused-ring (bicyclic) bond motifs is 1. The largest absolute Gasteiger partial charge is 0.332 e. The lowest BCUT2D eigenvalue weighted by Crippen LogP contribution is -1.87. The number of benzene rings is 2. The molecule has 2 aromatic carbocycles. The second-order valence-corrected chi connectivity index (χ2v) is 6.15. The van der Waals surface area contributed by atoms with Gasteiger partial charge in [0, 0.05) is 15.2 Å². The number of halogens is 2. The van der Waals surface area contributed by atoms with Gasteiger partial charge in [0.05, 0.1) is 10.2 Å². The molecule has 0 saturated heterocycles. The van der Waals surface area contributed by atoms with Gasteiger partial charge in [0.25, 0.3) is 0 Å². The molecule has 5 heteroatoms. The lowest BCUT2D eigenvalue weighted by atomic mass is 10.3. The summed E-state index contributed by atoms with van der Waals surface area (Å²) < 4.78 is 2.22. The van der Waals surface area contributed by atoms with E-state index in [1.165, 1.54) is 0 Å². The average Bonchev–Trinajstić information content (AvgIpc) is 2.73. The molecular formula is C13H8BrClN2S. The molecule has 0 aliphatic rings. The van der Waals surface area contributed by atoms with Crippen LogP contribution in [0.2, 0.25) is 5.02 Å². The van der Waals surface area contributed by atoms with E-state index in [4.69, 9.17) is 11.6 Å². The van der Waals surface area contributed by atoms with Crippen LogP contribution in [0.1, 0.15) is 0 Å². The van der Waals surface area contributed by atoms with E-state index in [1.807, 2.05) is 36.4 Å². The highest BCUT2D eigenvalue weighted by molar-refractivity contribution is 9.10.